The van der Waals surface area contributed by atoms with E-state index in [9.17, 15) is 18.0 Å². The van der Waals surface area contributed by atoms with Crippen LogP contribution >= 0.6 is 0 Å². The van der Waals surface area contributed by atoms with Crippen LogP contribution in [0.1, 0.15) is 20.7 Å². The molecule has 3 N–H and O–H groups in total. The molecule has 0 aliphatic heterocycles. The van der Waals surface area contributed by atoms with Gasteiger partial charge in [0, 0.05) is 5.56 Å². The fourth-order valence-corrected chi connectivity index (χ4v) is 2.94. The van der Waals surface area contributed by atoms with E-state index in [1.807, 2.05) is 0 Å². The number of primary amides is 1. The first-order valence-electron chi connectivity index (χ1n) is 6.45. The average Bonchev–Trinajstić information content (AvgIpc) is 2.54. The molecule has 0 spiro atoms. The largest absolute Gasteiger partial charge is 0.465 e. The van der Waals surface area contributed by atoms with Gasteiger partial charge >= 0.3 is 5.97 Å². The number of ether oxygens (including phenoxy) is 1. The van der Waals surface area contributed by atoms with Gasteiger partial charge in [0.25, 0.3) is 10.0 Å². The second kappa shape index (κ2) is 6.49. The summed E-state index contributed by atoms with van der Waals surface area (Å²) in [7, 11) is -2.73. The molecule has 0 radical (unpaired) electrons. The molecule has 0 saturated heterocycles. The van der Waals surface area contributed by atoms with Crippen LogP contribution < -0.4 is 10.5 Å². The van der Waals surface area contributed by atoms with Gasteiger partial charge in [-0.15, -0.1) is 0 Å². The van der Waals surface area contributed by atoms with Crippen molar-refractivity contribution in [3.8, 4) is 0 Å². The Balaban J connectivity index is 2.35. The molecule has 0 saturated carbocycles. The minimum absolute atomic E-state index is 0.0674. The average molecular weight is 334 g/mol. The van der Waals surface area contributed by atoms with Crippen molar-refractivity contribution in [2.24, 2.45) is 5.73 Å². The van der Waals surface area contributed by atoms with Crippen molar-refractivity contribution in [3.05, 3.63) is 59.7 Å². The fraction of sp³-hybridized carbons (Fsp3) is 0.0667. The first kappa shape index (κ1) is 16.5. The maximum Gasteiger partial charge on any atom is 0.339 e. The Hall–Kier alpha value is -2.87. The van der Waals surface area contributed by atoms with Crippen molar-refractivity contribution >= 4 is 27.6 Å². The van der Waals surface area contributed by atoms with Gasteiger partial charge in [0.15, 0.2) is 0 Å². The third kappa shape index (κ3) is 3.67. The highest BCUT2D eigenvalue weighted by molar-refractivity contribution is 7.92. The van der Waals surface area contributed by atoms with Crippen LogP contribution in [-0.2, 0) is 14.8 Å². The number of para-hydroxylation sites is 1. The zero-order valence-corrected chi connectivity index (χ0v) is 13.0. The molecule has 0 atom stereocenters. The molecule has 7 nitrogen and oxygen atoms in total. The molecule has 2 rings (SSSR count). The van der Waals surface area contributed by atoms with Gasteiger partial charge in [-0.1, -0.05) is 12.1 Å². The number of anilines is 1. The molecule has 23 heavy (non-hydrogen) atoms. The molecule has 0 fully saturated rings. The normalized spacial score (nSPS) is 10.8. The van der Waals surface area contributed by atoms with E-state index in [2.05, 4.69) is 9.46 Å². The highest BCUT2D eigenvalue weighted by Crippen LogP contribution is 2.21. The monoisotopic (exact) mass is 334 g/mol. The number of esters is 1. The molecule has 2 aromatic rings. The molecule has 2 aromatic carbocycles. The van der Waals surface area contributed by atoms with E-state index >= 15 is 0 Å². The van der Waals surface area contributed by atoms with Crippen molar-refractivity contribution in [2.75, 3.05) is 11.8 Å². The predicted octanol–water partition coefficient (Wildman–Crippen LogP) is 1.37. The minimum Gasteiger partial charge on any atom is -0.465 e. The number of sulfonamides is 1. The summed E-state index contributed by atoms with van der Waals surface area (Å²) in [6, 6.07) is 11.2. The number of amides is 1. The van der Waals surface area contributed by atoms with Gasteiger partial charge < -0.3 is 10.5 Å². The lowest BCUT2D eigenvalue weighted by Gasteiger charge is -2.11. The molecule has 1 amide bonds. The molecule has 0 unspecified atom stereocenters. The van der Waals surface area contributed by atoms with Gasteiger partial charge in [-0.05, 0) is 36.4 Å². The van der Waals surface area contributed by atoms with E-state index in [0.29, 0.717) is 0 Å². The van der Waals surface area contributed by atoms with Gasteiger partial charge in [-0.3, -0.25) is 9.52 Å². The van der Waals surface area contributed by atoms with Crippen LogP contribution in [0.5, 0.6) is 0 Å². The Morgan fingerprint density at radius 3 is 2.22 bits per heavy atom. The van der Waals surface area contributed by atoms with Gasteiger partial charge in [-0.2, -0.15) is 0 Å². The van der Waals surface area contributed by atoms with Crippen LogP contribution in [-0.4, -0.2) is 27.4 Å². The SMILES string of the molecule is COC(=O)c1ccccc1NS(=O)(=O)c1ccc(C(N)=O)cc1. The summed E-state index contributed by atoms with van der Waals surface area (Å²) in [6.45, 7) is 0. The maximum absolute atomic E-state index is 12.4. The predicted molar refractivity (Wildman–Crippen MR) is 83.5 cm³/mol. The standard InChI is InChI=1S/C15H14N2O5S/c1-22-15(19)12-4-2-3-5-13(12)17-23(20,21)11-8-6-10(7-9-11)14(16)18/h2-9,17H,1H3,(H2,16,18). The number of rotatable bonds is 5. The first-order valence-corrected chi connectivity index (χ1v) is 7.93. The zero-order valence-electron chi connectivity index (χ0n) is 12.1. The van der Waals surface area contributed by atoms with Crippen molar-refractivity contribution in [1.29, 1.82) is 0 Å². The van der Waals surface area contributed by atoms with Gasteiger partial charge in [0.2, 0.25) is 5.91 Å². The third-order valence-corrected chi connectivity index (χ3v) is 4.41. The van der Waals surface area contributed by atoms with E-state index in [1.165, 1.54) is 43.5 Å². The number of nitrogens with one attached hydrogen (secondary N) is 1. The lowest BCUT2D eigenvalue weighted by Crippen LogP contribution is -2.16. The minimum atomic E-state index is -3.93. The lowest BCUT2D eigenvalue weighted by atomic mass is 10.2. The van der Waals surface area contributed by atoms with E-state index in [0.717, 1.165) is 0 Å². The van der Waals surface area contributed by atoms with Crippen LogP contribution in [0.3, 0.4) is 0 Å². The zero-order chi connectivity index (χ0) is 17.0. The van der Waals surface area contributed by atoms with Crippen LogP contribution in [0.25, 0.3) is 0 Å². The Morgan fingerprint density at radius 2 is 1.65 bits per heavy atom. The fourth-order valence-electron chi connectivity index (χ4n) is 1.86. The highest BCUT2D eigenvalue weighted by Gasteiger charge is 2.19. The molecule has 8 heteroatoms. The Bertz CT molecular complexity index is 844. The molecule has 0 aliphatic rings. The number of benzene rings is 2. The Labute approximate surface area is 133 Å². The van der Waals surface area contributed by atoms with E-state index < -0.39 is 21.9 Å². The van der Waals surface area contributed by atoms with Crippen molar-refractivity contribution < 1.29 is 22.7 Å². The summed E-state index contributed by atoms with van der Waals surface area (Å²) >= 11 is 0. The summed E-state index contributed by atoms with van der Waals surface area (Å²) in [6.07, 6.45) is 0. The molecule has 120 valence electrons. The number of nitrogens with two attached hydrogens (primary N) is 1. The molecule has 0 aromatic heterocycles. The van der Waals surface area contributed by atoms with Gasteiger partial charge in [0.05, 0.1) is 23.3 Å². The summed E-state index contributed by atoms with van der Waals surface area (Å²) in [5.41, 5.74) is 5.49. The summed E-state index contributed by atoms with van der Waals surface area (Å²) in [5.74, 6) is -1.31. The second-order valence-electron chi connectivity index (χ2n) is 4.53. The topological polar surface area (TPSA) is 116 Å². The number of carbonyl (C=O) groups is 2. The lowest BCUT2D eigenvalue weighted by molar-refractivity contribution is 0.0602. The van der Waals surface area contributed by atoms with Crippen LogP contribution in [0.4, 0.5) is 5.69 Å². The van der Waals surface area contributed by atoms with Gasteiger partial charge in [0.1, 0.15) is 0 Å². The summed E-state index contributed by atoms with van der Waals surface area (Å²) < 4.78 is 31.7. The number of hydrogen-bond donors (Lipinski definition) is 2. The Kier molecular flexibility index (Phi) is 4.65. The van der Waals surface area contributed by atoms with E-state index in [-0.39, 0.29) is 21.7 Å². The summed E-state index contributed by atoms with van der Waals surface area (Å²) in [5, 5.41) is 0. The molecule has 0 bridgehead atoms. The summed E-state index contributed by atoms with van der Waals surface area (Å²) in [4.78, 5) is 22.6. The Morgan fingerprint density at radius 1 is 1.04 bits per heavy atom. The highest BCUT2D eigenvalue weighted by atomic mass is 32.2. The van der Waals surface area contributed by atoms with Crippen molar-refractivity contribution in [2.45, 2.75) is 4.90 Å². The number of methoxy groups -OCH3 is 1. The number of hydrogen-bond acceptors (Lipinski definition) is 5. The molecule has 0 aliphatic carbocycles. The molecule has 0 heterocycles. The molecular weight excluding hydrogens is 320 g/mol. The van der Waals surface area contributed by atoms with Crippen molar-refractivity contribution in [3.63, 3.8) is 0 Å². The first-order chi connectivity index (χ1) is 10.8. The van der Waals surface area contributed by atoms with Crippen LogP contribution in [0.2, 0.25) is 0 Å². The molecular formula is C15H14N2O5S. The smallest absolute Gasteiger partial charge is 0.339 e. The van der Waals surface area contributed by atoms with Crippen LogP contribution in [0, 0.1) is 0 Å². The number of carbonyl (C=O) groups excluding carboxylic acids is 2. The van der Waals surface area contributed by atoms with E-state index in [4.69, 9.17) is 5.73 Å². The second-order valence-corrected chi connectivity index (χ2v) is 6.21. The maximum atomic E-state index is 12.4. The van der Waals surface area contributed by atoms with Crippen LogP contribution in [0.15, 0.2) is 53.4 Å². The van der Waals surface area contributed by atoms with Gasteiger partial charge in [-0.25, -0.2) is 13.2 Å². The quantitative estimate of drug-likeness (QED) is 0.801. The van der Waals surface area contributed by atoms with Crippen molar-refractivity contribution in [1.82, 2.24) is 0 Å². The third-order valence-electron chi connectivity index (χ3n) is 3.03. The van der Waals surface area contributed by atoms with E-state index in [1.54, 1.807) is 12.1 Å².